The molecule has 0 aromatic rings. The van der Waals surface area contributed by atoms with Gasteiger partial charge in [0.15, 0.2) is 0 Å². The minimum absolute atomic E-state index is 0.234. The van der Waals surface area contributed by atoms with E-state index in [1.165, 1.54) is 83.5 Å². The Morgan fingerprint density at radius 2 is 1.17 bits per heavy atom. The highest BCUT2D eigenvalue weighted by molar-refractivity contribution is 5.66. The molecule has 2 N–H and O–H groups in total. The van der Waals surface area contributed by atoms with E-state index in [0.717, 1.165) is 43.3 Å². The number of aliphatic hydroxyl groups is 1. The molecule has 0 spiro atoms. The van der Waals surface area contributed by atoms with Crippen LogP contribution in [-0.2, 0) is 4.79 Å². The number of carboxylic acid groups (broad SMARTS) is 1. The van der Waals surface area contributed by atoms with Crippen molar-refractivity contribution in [2.24, 2.45) is 0 Å². The van der Waals surface area contributed by atoms with Crippen LogP contribution in [0.15, 0.2) is 0 Å². The molecule has 0 aromatic carbocycles. The number of rotatable bonds is 22. The van der Waals surface area contributed by atoms with Crippen molar-refractivity contribution in [2.75, 3.05) is 27.2 Å². The molecule has 174 valence electrons. The van der Waals surface area contributed by atoms with E-state index in [9.17, 15) is 9.90 Å². The zero-order valence-corrected chi connectivity index (χ0v) is 20.0. The molecule has 29 heavy (non-hydrogen) atoms. The number of carbonyl (C=O) groups is 1. The van der Waals surface area contributed by atoms with Crippen molar-refractivity contribution in [3.8, 4) is 0 Å². The third-order valence-corrected chi connectivity index (χ3v) is 6.00. The number of quaternary nitrogens is 1. The third-order valence-electron chi connectivity index (χ3n) is 6.00. The molecule has 0 amide bonds. The number of likely N-dealkylation sites (N-methyl/N-ethyl adjacent to an activating group) is 1. The fraction of sp³-hybridized carbons (Fsp3) is 0.960. The van der Waals surface area contributed by atoms with Gasteiger partial charge in [-0.25, -0.2) is 0 Å². The minimum atomic E-state index is -0.715. The topological polar surface area (TPSA) is 57.5 Å². The van der Waals surface area contributed by atoms with Gasteiger partial charge in [0, 0.05) is 6.42 Å². The summed E-state index contributed by atoms with van der Waals surface area (Å²) in [6.45, 7) is 3.98. The molecule has 0 aliphatic heterocycles. The van der Waals surface area contributed by atoms with Crippen LogP contribution in [0.2, 0.25) is 0 Å². The fourth-order valence-electron chi connectivity index (χ4n) is 4.14. The van der Waals surface area contributed by atoms with Crippen LogP contribution in [0, 0.1) is 0 Å². The van der Waals surface area contributed by atoms with Gasteiger partial charge < -0.3 is 14.7 Å². The van der Waals surface area contributed by atoms with Crippen molar-refractivity contribution in [2.45, 2.75) is 129 Å². The van der Waals surface area contributed by atoms with Crippen molar-refractivity contribution in [3.63, 3.8) is 0 Å². The molecule has 1 atom stereocenters. The highest BCUT2D eigenvalue weighted by atomic mass is 16.4. The maximum Gasteiger partial charge on any atom is 0.303 e. The molecule has 0 aliphatic rings. The monoisotopic (exact) mass is 414 g/mol. The SMILES string of the molecule is CCCCCCCCCCCCCCCCC(O)C[N+](C)(C)CCCCC(=O)O. The second kappa shape index (κ2) is 19.4. The van der Waals surface area contributed by atoms with Gasteiger partial charge >= 0.3 is 5.97 Å². The average Bonchev–Trinajstić information content (AvgIpc) is 2.65. The maximum absolute atomic E-state index is 10.6. The Morgan fingerprint density at radius 3 is 1.62 bits per heavy atom. The van der Waals surface area contributed by atoms with Crippen molar-refractivity contribution in [3.05, 3.63) is 0 Å². The summed E-state index contributed by atoms with van der Waals surface area (Å²) in [5.74, 6) is -0.715. The van der Waals surface area contributed by atoms with E-state index < -0.39 is 5.97 Å². The molecule has 1 unspecified atom stereocenters. The van der Waals surface area contributed by atoms with E-state index in [1.54, 1.807) is 0 Å². The first kappa shape index (κ1) is 28.4. The largest absolute Gasteiger partial charge is 0.481 e. The number of hydrogen-bond donors (Lipinski definition) is 2. The summed E-state index contributed by atoms with van der Waals surface area (Å²) < 4.78 is 0.777. The first-order valence-electron chi connectivity index (χ1n) is 12.6. The zero-order valence-electron chi connectivity index (χ0n) is 20.0. The number of aliphatic hydroxyl groups excluding tert-OH is 1. The normalized spacial score (nSPS) is 13.0. The Kier molecular flexibility index (Phi) is 19.0. The molecule has 0 rings (SSSR count). The molecule has 0 fully saturated rings. The van der Waals surface area contributed by atoms with Gasteiger partial charge in [-0.15, -0.1) is 0 Å². The summed E-state index contributed by atoms with van der Waals surface area (Å²) >= 11 is 0. The molecule has 0 aromatic heterocycles. The standard InChI is InChI=1S/C25H51NO3/c1-4-5-6-7-8-9-10-11-12-13-14-15-16-17-20-24(27)23-26(2,3)22-19-18-21-25(28)29/h24,27H,4-23H2,1-3H3/p+1. The molecular formula is C25H52NO3+. The van der Waals surface area contributed by atoms with Crippen LogP contribution in [0.4, 0.5) is 0 Å². The van der Waals surface area contributed by atoms with Gasteiger partial charge in [0.25, 0.3) is 0 Å². The van der Waals surface area contributed by atoms with Crippen molar-refractivity contribution < 1.29 is 19.5 Å². The summed E-state index contributed by atoms with van der Waals surface area (Å²) in [5, 5.41) is 19.0. The minimum Gasteiger partial charge on any atom is -0.481 e. The van der Waals surface area contributed by atoms with E-state index in [-0.39, 0.29) is 12.5 Å². The van der Waals surface area contributed by atoms with Crippen LogP contribution in [-0.4, -0.2) is 54.0 Å². The Hall–Kier alpha value is -0.610. The van der Waals surface area contributed by atoms with Gasteiger partial charge in [-0.3, -0.25) is 4.79 Å². The summed E-state index contributed by atoms with van der Waals surface area (Å²) in [7, 11) is 4.27. The molecule has 4 nitrogen and oxygen atoms in total. The lowest BCUT2D eigenvalue weighted by molar-refractivity contribution is -0.893. The summed E-state index contributed by atoms with van der Waals surface area (Å²) in [6, 6.07) is 0. The van der Waals surface area contributed by atoms with Crippen molar-refractivity contribution in [1.82, 2.24) is 0 Å². The lowest BCUT2D eigenvalue weighted by Gasteiger charge is -2.32. The van der Waals surface area contributed by atoms with Crippen molar-refractivity contribution in [1.29, 1.82) is 0 Å². The average molecular weight is 415 g/mol. The van der Waals surface area contributed by atoms with E-state index >= 15 is 0 Å². The Balaban J connectivity index is 3.42. The number of unbranched alkanes of at least 4 members (excludes halogenated alkanes) is 14. The highest BCUT2D eigenvalue weighted by Gasteiger charge is 2.19. The predicted molar refractivity (Wildman–Crippen MR) is 124 cm³/mol. The van der Waals surface area contributed by atoms with Crippen LogP contribution in [0.3, 0.4) is 0 Å². The van der Waals surface area contributed by atoms with Crippen LogP contribution >= 0.6 is 0 Å². The number of hydrogen-bond acceptors (Lipinski definition) is 2. The van der Waals surface area contributed by atoms with Gasteiger partial charge in [-0.05, 0) is 19.3 Å². The predicted octanol–water partition coefficient (Wildman–Crippen LogP) is 6.55. The second-order valence-corrected chi connectivity index (χ2v) is 9.73. The van der Waals surface area contributed by atoms with Crippen LogP contribution in [0.25, 0.3) is 0 Å². The van der Waals surface area contributed by atoms with E-state index in [0.29, 0.717) is 0 Å². The molecule has 0 aliphatic carbocycles. The summed E-state index contributed by atoms with van der Waals surface area (Å²) in [5.41, 5.74) is 0. The number of nitrogens with zero attached hydrogens (tertiary/aromatic N) is 1. The van der Waals surface area contributed by atoms with Gasteiger partial charge in [0.05, 0.1) is 20.6 Å². The highest BCUT2D eigenvalue weighted by Crippen LogP contribution is 2.14. The van der Waals surface area contributed by atoms with Crippen LogP contribution in [0.1, 0.15) is 122 Å². The molecule has 0 saturated carbocycles. The Bertz CT molecular complexity index is 371. The summed E-state index contributed by atoms with van der Waals surface area (Å²) in [4.78, 5) is 10.6. The van der Waals surface area contributed by atoms with Gasteiger partial charge in [-0.2, -0.15) is 0 Å². The van der Waals surface area contributed by atoms with Crippen LogP contribution in [0.5, 0.6) is 0 Å². The van der Waals surface area contributed by atoms with E-state index in [4.69, 9.17) is 5.11 Å². The second-order valence-electron chi connectivity index (χ2n) is 9.73. The van der Waals surface area contributed by atoms with Crippen LogP contribution < -0.4 is 0 Å². The quantitative estimate of drug-likeness (QED) is 0.156. The Morgan fingerprint density at radius 1 is 0.724 bits per heavy atom. The molecule has 0 bridgehead atoms. The Labute approximate surface area is 181 Å². The molecule has 4 heteroatoms. The number of aliphatic carboxylic acids is 1. The maximum atomic E-state index is 10.6. The molecule has 0 radical (unpaired) electrons. The van der Waals surface area contributed by atoms with Gasteiger partial charge in [0.2, 0.25) is 0 Å². The molecular weight excluding hydrogens is 362 g/mol. The number of carboxylic acids is 1. The first-order chi connectivity index (χ1) is 13.9. The lowest BCUT2D eigenvalue weighted by Crippen LogP contribution is -2.46. The molecule has 0 saturated heterocycles. The van der Waals surface area contributed by atoms with E-state index in [2.05, 4.69) is 21.0 Å². The molecule has 0 heterocycles. The zero-order chi connectivity index (χ0) is 21.8. The van der Waals surface area contributed by atoms with Gasteiger partial charge in [-0.1, -0.05) is 96.8 Å². The lowest BCUT2D eigenvalue weighted by atomic mass is 10.0. The first-order valence-corrected chi connectivity index (χ1v) is 12.6. The fourth-order valence-corrected chi connectivity index (χ4v) is 4.14. The smallest absolute Gasteiger partial charge is 0.303 e. The third kappa shape index (κ3) is 21.9. The summed E-state index contributed by atoms with van der Waals surface area (Å²) in [6.07, 6.45) is 21.6. The van der Waals surface area contributed by atoms with Gasteiger partial charge in [0.1, 0.15) is 12.6 Å². The van der Waals surface area contributed by atoms with Crippen molar-refractivity contribution >= 4 is 5.97 Å². The van der Waals surface area contributed by atoms with E-state index in [1.807, 2.05) is 0 Å².